The van der Waals surface area contributed by atoms with E-state index in [2.05, 4.69) is 21.2 Å². The lowest BCUT2D eigenvalue weighted by atomic mass is 9.95. The molecule has 0 spiro atoms. The minimum absolute atomic E-state index is 0.186. The molecule has 1 heterocycles. The van der Waals surface area contributed by atoms with Crippen molar-refractivity contribution in [3.8, 4) is 17.2 Å². The third-order valence-electron chi connectivity index (χ3n) is 5.23. The number of nitrogens with zero attached hydrogens (tertiary/aromatic N) is 1. The fraction of sp³-hybridized carbons (Fsp3) is 0.280. The Morgan fingerprint density at radius 2 is 1.84 bits per heavy atom. The molecule has 2 aromatic rings. The number of hydrazone groups is 1. The molecular weight excluding hydrogens is 504 g/mol. The third-order valence-corrected chi connectivity index (χ3v) is 5.46. The van der Waals surface area contributed by atoms with E-state index in [0.29, 0.717) is 33.3 Å². The molecule has 3 amide bonds. The average molecular weight is 531 g/mol. The summed E-state index contributed by atoms with van der Waals surface area (Å²) in [4.78, 5) is 36.8. The lowest BCUT2D eigenvalue weighted by molar-refractivity contribution is -0.139. The predicted molar refractivity (Wildman–Crippen MR) is 136 cm³/mol. The number of ether oxygens (including phenoxy) is 4. The Balaban J connectivity index is 1.70. The fourth-order valence-electron chi connectivity index (χ4n) is 3.56. The number of amides is 3. The molecule has 0 aromatic heterocycles. The molecule has 37 heavy (non-hydrogen) atoms. The Hall–Kier alpha value is -4.25. The number of halogens is 1. The second kappa shape index (κ2) is 12.6. The zero-order valence-electron chi connectivity index (χ0n) is 20.7. The minimum Gasteiger partial charge on any atom is -0.496 e. The summed E-state index contributed by atoms with van der Waals surface area (Å²) in [5.74, 6) is 0.0535. The number of allylic oxidation sites excluding steroid dienone is 1. The first kappa shape index (κ1) is 27.3. The molecule has 0 saturated carbocycles. The first-order chi connectivity index (χ1) is 17.8. The van der Waals surface area contributed by atoms with Gasteiger partial charge in [0.25, 0.3) is 5.91 Å². The molecule has 3 N–H and O–H groups in total. The number of rotatable bonds is 10. The van der Waals surface area contributed by atoms with E-state index in [-0.39, 0.29) is 24.5 Å². The van der Waals surface area contributed by atoms with Gasteiger partial charge >= 0.3 is 12.0 Å². The van der Waals surface area contributed by atoms with Gasteiger partial charge in [0, 0.05) is 16.3 Å². The van der Waals surface area contributed by atoms with Crippen LogP contribution in [0, 0.1) is 0 Å². The topological polar surface area (TPSA) is 137 Å². The standard InChI is InChI=1S/C25H27ClN4O7/c1-5-36-24(32)22-14(2)28-25(33)29-23(22)15-6-8-19(20(11-15)35-4)37-13-21(31)30-27-12-16-10-17(26)7-9-18(16)34-3/h6-12,23H,5,13H2,1-4H3,(H,30,31)(H2,28,29,33)/b27-12-/t23-/m1/s1. The second-order valence-corrected chi connectivity index (χ2v) is 8.11. The molecule has 0 unspecified atom stereocenters. The molecule has 0 fully saturated rings. The number of benzene rings is 2. The summed E-state index contributed by atoms with van der Waals surface area (Å²) >= 11 is 5.99. The predicted octanol–water partition coefficient (Wildman–Crippen LogP) is 3.08. The van der Waals surface area contributed by atoms with E-state index in [0.717, 1.165) is 0 Å². The van der Waals surface area contributed by atoms with Gasteiger partial charge in [-0.2, -0.15) is 5.10 Å². The molecule has 11 nitrogen and oxygen atoms in total. The summed E-state index contributed by atoms with van der Waals surface area (Å²) in [6.45, 7) is 3.15. The van der Waals surface area contributed by atoms with Gasteiger partial charge in [-0.25, -0.2) is 15.0 Å². The SMILES string of the molecule is CCOC(=O)C1=C(C)NC(=O)N[C@@H]1c1ccc(OCC(=O)N/N=C\c2cc(Cl)ccc2OC)c(OC)c1. The Kier molecular flexibility index (Phi) is 9.33. The van der Waals surface area contributed by atoms with E-state index in [1.165, 1.54) is 20.4 Å². The van der Waals surface area contributed by atoms with Crippen molar-refractivity contribution in [2.75, 3.05) is 27.4 Å². The van der Waals surface area contributed by atoms with Crippen LogP contribution < -0.4 is 30.3 Å². The van der Waals surface area contributed by atoms with Crippen LogP contribution in [-0.2, 0) is 14.3 Å². The maximum absolute atomic E-state index is 12.5. The molecule has 196 valence electrons. The molecule has 3 rings (SSSR count). The van der Waals surface area contributed by atoms with Crippen molar-refractivity contribution >= 4 is 35.7 Å². The average Bonchev–Trinajstić information content (AvgIpc) is 2.87. The lowest BCUT2D eigenvalue weighted by Gasteiger charge is -2.28. The van der Waals surface area contributed by atoms with Gasteiger partial charge in [-0.3, -0.25) is 4.79 Å². The molecule has 12 heteroatoms. The quantitative estimate of drug-likeness (QED) is 0.244. The van der Waals surface area contributed by atoms with Crippen LogP contribution >= 0.6 is 11.6 Å². The van der Waals surface area contributed by atoms with Crippen LogP contribution in [0.4, 0.5) is 4.79 Å². The Morgan fingerprint density at radius 3 is 2.54 bits per heavy atom. The molecule has 1 atom stereocenters. The third kappa shape index (κ3) is 6.91. The van der Waals surface area contributed by atoms with Crippen molar-refractivity contribution in [2.24, 2.45) is 5.10 Å². The van der Waals surface area contributed by atoms with E-state index < -0.39 is 23.9 Å². The highest BCUT2D eigenvalue weighted by atomic mass is 35.5. The lowest BCUT2D eigenvalue weighted by Crippen LogP contribution is -2.45. The van der Waals surface area contributed by atoms with Gasteiger partial charge < -0.3 is 29.6 Å². The largest absolute Gasteiger partial charge is 0.496 e. The first-order valence-corrected chi connectivity index (χ1v) is 11.6. The maximum Gasteiger partial charge on any atom is 0.338 e. The Bertz CT molecular complexity index is 1250. The van der Waals surface area contributed by atoms with E-state index in [4.69, 9.17) is 30.5 Å². The smallest absolute Gasteiger partial charge is 0.338 e. The highest BCUT2D eigenvalue weighted by molar-refractivity contribution is 6.30. The number of nitrogens with one attached hydrogen (secondary N) is 3. The van der Waals surface area contributed by atoms with Gasteiger partial charge in [0.15, 0.2) is 18.1 Å². The molecule has 0 aliphatic carbocycles. The highest BCUT2D eigenvalue weighted by Gasteiger charge is 2.32. The zero-order valence-corrected chi connectivity index (χ0v) is 21.5. The van der Waals surface area contributed by atoms with Crippen LogP contribution in [0.1, 0.15) is 31.0 Å². The monoisotopic (exact) mass is 530 g/mol. The molecule has 0 saturated heterocycles. The van der Waals surface area contributed by atoms with Gasteiger partial charge in [-0.1, -0.05) is 17.7 Å². The fourth-order valence-corrected chi connectivity index (χ4v) is 3.74. The van der Waals surface area contributed by atoms with Crippen LogP contribution in [0.2, 0.25) is 5.02 Å². The van der Waals surface area contributed by atoms with Crippen LogP contribution in [0.5, 0.6) is 17.2 Å². The molecular formula is C25H27ClN4O7. The van der Waals surface area contributed by atoms with Crippen LogP contribution in [0.15, 0.2) is 52.8 Å². The number of hydrogen-bond donors (Lipinski definition) is 3. The van der Waals surface area contributed by atoms with Crippen molar-refractivity contribution in [1.29, 1.82) is 0 Å². The highest BCUT2D eigenvalue weighted by Crippen LogP contribution is 2.34. The molecule has 1 aliphatic heterocycles. The van der Waals surface area contributed by atoms with Crippen molar-refractivity contribution in [3.05, 3.63) is 63.8 Å². The van der Waals surface area contributed by atoms with Crippen molar-refractivity contribution < 1.29 is 33.3 Å². The van der Waals surface area contributed by atoms with E-state index in [9.17, 15) is 14.4 Å². The van der Waals surface area contributed by atoms with E-state index >= 15 is 0 Å². The van der Waals surface area contributed by atoms with Crippen LogP contribution in [0.25, 0.3) is 0 Å². The first-order valence-electron chi connectivity index (χ1n) is 11.2. The second-order valence-electron chi connectivity index (χ2n) is 7.67. The van der Waals surface area contributed by atoms with Crippen LogP contribution in [0.3, 0.4) is 0 Å². The van der Waals surface area contributed by atoms with Gasteiger partial charge in [0.2, 0.25) is 0 Å². The summed E-state index contributed by atoms with van der Waals surface area (Å²) in [5.41, 5.74) is 4.17. The normalized spacial score (nSPS) is 15.1. The number of esters is 1. The van der Waals surface area contributed by atoms with Gasteiger partial charge in [0.1, 0.15) is 5.75 Å². The number of carbonyl (C=O) groups is 3. The van der Waals surface area contributed by atoms with Crippen molar-refractivity contribution in [1.82, 2.24) is 16.1 Å². The minimum atomic E-state index is -0.767. The van der Waals surface area contributed by atoms with Crippen molar-refractivity contribution in [3.63, 3.8) is 0 Å². The number of carbonyl (C=O) groups excluding carboxylic acids is 3. The maximum atomic E-state index is 12.5. The summed E-state index contributed by atoms with van der Waals surface area (Å²) < 4.78 is 21.4. The van der Waals surface area contributed by atoms with E-state index in [1.54, 1.807) is 50.2 Å². The summed E-state index contributed by atoms with van der Waals surface area (Å²) in [5, 5.41) is 9.70. The molecule has 1 aliphatic rings. The molecule has 0 bridgehead atoms. The molecule has 0 radical (unpaired) electrons. The summed E-state index contributed by atoms with van der Waals surface area (Å²) in [6.07, 6.45) is 1.40. The number of urea groups is 1. The van der Waals surface area contributed by atoms with Crippen LogP contribution in [-0.4, -0.2) is 51.6 Å². The summed E-state index contributed by atoms with van der Waals surface area (Å²) in [6, 6.07) is 8.63. The van der Waals surface area contributed by atoms with Gasteiger partial charge in [-0.05, 0) is 49.7 Å². The number of hydrogen-bond acceptors (Lipinski definition) is 8. The van der Waals surface area contributed by atoms with Gasteiger partial charge in [-0.15, -0.1) is 0 Å². The Labute approximate surface area is 218 Å². The Morgan fingerprint density at radius 1 is 1.11 bits per heavy atom. The van der Waals surface area contributed by atoms with Gasteiger partial charge in [0.05, 0.1) is 38.7 Å². The number of methoxy groups -OCH3 is 2. The summed E-state index contributed by atoms with van der Waals surface area (Å²) in [7, 11) is 2.95. The van der Waals surface area contributed by atoms with Crippen molar-refractivity contribution in [2.45, 2.75) is 19.9 Å². The van der Waals surface area contributed by atoms with E-state index in [1.807, 2.05) is 0 Å². The zero-order chi connectivity index (χ0) is 26.9. The molecule has 2 aromatic carbocycles.